The summed E-state index contributed by atoms with van der Waals surface area (Å²) in [6, 6.07) is 15.0. The summed E-state index contributed by atoms with van der Waals surface area (Å²) in [6.45, 7) is 1.13. The van der Waals surface area contributed by atoms with Crippen molar-refractivity contribution in [1.29, 1.82) is 5.26 Å². The topological polar surface area (TPSA) is 42.2 Å². The predicted octanol–water partition coefficient (Wildman–Crippen LogP) is 4.93. The molecule has 2 aromatic rings. The van der Waals surface area contributed by atoms with E-state index in [2.05, 4.69) is 37.9 Å². The van der Waals surface area contributed by atoms with Crippen LogP contribution in [0.5, 0.6) is 11.5 Å². The largest absolute Gasteiger partial charge is 0.493 e. The zero-order valence-electron chi connectivity index (χ0n) is 11.2. The predicted molar refractivity (Wildman–Crippen MR) is 88.6 cm³/mol. The number of hydrogen-bond donors (Lipinski definition) is 0. The number of benzene rings is 2. The summed E-state index contributed by atoms with van der Waals surface area (Å²) in [4.78, 5) is 0. The lowest BCUT2D eigenvalue weighted by Gasteiger charge is -2.10. The van der Waals surface area contributed by atoms with Gasteiger partial charge in [0.25, 0.3) is 0 Å². The van der Waals surface area contributed by atoms with E-state index in [4.69, 9.17) is 14.7 Å². The maximum absolute atomic E-state index is 8.71. The fourth-order valence-electron chi connectivity index (χ4n) is 1.67. The Morgan fingerprint density at radius 2 is 1.52 bits per heavy atom. The van der Waals surface area contributed by atoms with Crippen molar-refractivity contribution in [2.45, 2.75) is 6.42 Å². The first kappa shape index (κ1) is 15.9. The minimum Gasteiger partial charge on any atom is -0.493 e. The van der Waals surface area contributed by atoms with E-state index in [1.807, 2.05) is 18.2 Å². The highest BCUT2D eigenvalue weighted by molar-refractivity contribution is 9.11. The third-order valence-electron chi connectivity index (χ3n) is 2.71. The molecule has 3 nitrogen and oxygen atoms in total. The van der Waals surface area contributed by atoms with Gasteiger partial charge in [0.1, 0.15) is 11.5 Å². The first-order valence-corrected chi connectivity index (χ1v) is 7.99. The first-order chi connectivity index (χ1) is 10.2. The van der Waals surface area contributed by atoms with Crippen LogP contribution in [-0.4, -0.2) is 13.2 Å². The van der Waals surface area contributed by atoms with Crippen molar-refractivity contribution >= 4 is 31.9 Å². The monoisotopic (exact) mass is 409 g/mol. The molecule has 108 valence electrons. The average Bonchev–Trinajstić information content (AvgIpc) is 2.50. The summed E-state index contributed by atoms with van der Waals surface area (Å²) < 4.78 is 13.2. The van der Waals surface area contributed by atoms with E-state index in [9.17, 15) is 0 Å². The van der Waals surface area contributed by atoms with Crippen LogP contribution < -0.4 is 9.47 Å². The molecule has 21 heavy (non-hydrogen) atoms. The van der Waals surface area contributed by atoms with Gasteiger partial charge in [-0.1, -0.05) is 6.07 Å². The van der Waals surface area contributed by atoms with Gasteiger partial charge in [-0.3, -0.25) is 0 Å². The van der Waals surface area contributed by atoms with Crippen LogP contribution in [0.15, 0.2) is 51.4 Å². The minimum atomic E-state index is 0.563. The van der Waals surface area contributed by atoms with Crippen molar-refractivity contribution < 1.29 is 9.47 Å². The van der Waals surface area contributed by atoms with Gasteiger partial charge in [0.05, 0.1) is 33.8 Å². The number of halogens is 2. The molecule has 0 unspecified atom stereocenters. The van der Waals surface area contributed by atoms with Gasteiger partial charge in [-0.05, 0) is 68.3 Å². The number of para-hydroxylation sites is 1. The maximum Gasteiger partial charge on any atom is 0.147 e. The number of ether oxygens (including phenoxy) is 2. The second-order valence-electron chi connectivity index (χ2n) is 4.24. The molecular weight excluding hydrogens is 398 g/mol. The van der Waals surface area contributed by atoms with Crippen molar-refractivity contribution in [3.8, 4) is 17.6 Å². The second-order valence-corrected chi connectivity index (χ2v) is 5.95. The van der Waals surface area contributed by atoms with Crippen LogP contribution in [0, 0.1) is 11.3 Å². The number of hydrogen-bond acceptors (Lipinski definition) is 3. The van der Waals surface area contributed by atoms with Crippen LogP contribution >= 0.6 is 31.9 Å². The van der Waals surface area contributed by atoms with Gasteiger partial charge in [-0.25, -0.2) is 0 Å². The third kappa shape index (κ3) is 4.76. The molecule has 0 aromatic heterocycles. The third-order valence-corrected chi connectivity index (χ3v) is 3.96. The standard InChI is InChI=1S/C16H13Br2NO2/c17-14-3-1-4-15(18)16(14)21-10-2-9-20-13-7-5-12(11-19)6-8-13/h1,3-8H,2,9-10H2. The normalized spacial score (nSPS) is 9.95. The van der Waals surface area contributed by atoms with Crippen LogP contribution in [0.4, 0.5) is 0 Å². The van der Waals surface area contributed by atoms with Crippen molar-refractivity contribution in [1.82, 2.24) is 0 Å². The molecule has 0 bridgehead atoms. The fourth-order valence-corrected chi connectivity index (χ4v) is 2.90. The molecule has 0 aliphatic rings. The summed E-state index contributed by atoms with van der Waals surface area (Å²) in [6.07, 6.45) is 0.772. The number of nitriles is 1. The molecule has 0 aliphatic heterocycles. The van der Waals surface area contributed by atoms with E-state index in [0.29, 0.717) is 18.8 Å². The summed E-state index contributed by atoms with van der Waals surface area (Å²) in [5, 5.41) is 8.71. The molecule has 0 saturated heterocycles. The smallest absolute Gasteiger partial charge is 0.147 e. The van der Waals surface area contributed by atoms with E-state index in [1.165, 1.54) is 0 Å². The van der Waals surface area contributed by atoms with Crippen molar-refractivity contribution in [3.05, 3.63) is 57.0 Å². The van der Waals surface area contributed by atoms with Gasteiger partial charge in [0, 0.05) is 6.42 Å². The van der Waals surface area contributed by atoms with E-state index in [1.54, 1.807) is 24.3 Å². The quantitative estimate of drug-likeness (QED) is 0.634. The summed E-state index contributed by atoms with van der Waals surface area (Å²) in [7, 11) is 0. The summed E-state index contributed by atoms with van der Waals surface area (Å²) >= 11 is 6.91. The van der Waals surface area contributed by atoms with Crippen LogP contribution in [0.1, 0.15) is 12.0 Å². The molecule has 5 heteroatoms. The highest BCUT2D eigenvalue weighted by atomic mass is 79.9. The molecule has 0 spiro atoms. The van der Waals surface area contributed by atoms with Gasteiger partial charge < -0.3 is 9.47 Å². The Bertz CT molecular complexity index is 615. The Morgan fingerprint density at radius 1 is 0.905 bits per heavy atom. The van der Waals surface area contributed by atoms with Crippen molar-refractivity contribution in [3.63, 3.8) is 0 Å². The Kier molecular flexibility index (Phi) is 6.09. The molecule has 0 heterocycles. The van der Waals surface area contributed by atoms with Crippen LogP contribution in [0.25, 0.3) is 0 Å². The van der Waals surface area contributed by atoms with Gasteiger partial charge in [0.2, 0.25) is 0 Å². The molecule has 0 radical (unpaired) electrons. The average molecular weight is 411 g/mol. The molecule has 0 amide bonds. The minimum absolute atomic E-state index is 0.563. The Labute approximate surface area is 140 Å². The molecule has 0 saturated carbocycles. The lowest BCUT2D eigenvalue weighted by atomic mass is 10.2. The SMILES string of the molecule is N#Cc1ccc(OCCCOc2c(Br)cccc2Br)cc1. The van der Waals surface area contributed by atoms with E-state index >= 15 is 0 Å². The lowest BCUT2D eigenvalue weighted by Crippen LogP contribution is -2.05. The summed E-state index contributed by atoms with van der Waals surface area (Å²) in [5.74, 6) is 1.56. The van der Waals surface area contributed by atoms with Crippen molar-refractivity contribution in [2.24, 2.45) is 0 Å². The fraction of sp³-hybridized carbons (Fsp3) is 0.188. The molecule has 2 aromatic carbocycles. The highest BCUT2D eigenvalue weighted by Gasteiger charge is 2.05. The Hall–Kier alpha value is -1.51. The van der Waals surface area contributed by atoms with Gasteiger partial charge in [-0.2, -0.15) is 5.26 Å². The van der Waals surface area contributed by atoms with Crippen LogP contribution in [0.2, 0.25) is 0 Å². The molecule has 2 rings (SSSR count). The van der Waals surface area contributed by atoms with E-state index in [0.717, 1.165) is 26.9 Å². The Balaban J connectivity index is 1.74. The zero-order valence-corrected chi connectivity index (χ0v) is 14.4. The highest BCUT2D eigenvalue weighted by Crippen LogP contribution is 2.32. The number of nitrogens with zero attached hydrogens (tertiary/aromatic N) is 1. The lowest BCUT2D eigenvalue weighted by molar-refractivity contribution is 0.246. The maximum atomic E-state index is 8.71. The second kappa shape index (κ2) is 8.06. The molecule has 0 atom stereocenters. The van der Waals surface area contributed by atoms with Crippen LogP contribution in [-0.2, 0) is 0 Å². The Morgan fingerprint density at radius 3 is 2.14 bits per heavy atom. The molecule has 0 fully saturated rings. The van der Waals surface area contributed by atoms with E-state index in [-0.39, 0.29) is 0 Å². The first-order valence-electron chi connectivity index (χ1n) is 6.40. The zero-order chi connectivity index (χ0) is 15.1. The van der Waals surface area contributed by atoms with Gasteiger partial charge in [-0.15, -0.1) is 0 Å². The summed E-state index contributed by atoms with van der Waals surface area (Å²) in [5.41, 5.74) is 0.629. The van der Waals surface area contributed by atoms with Gasteiger partial charge in [0.15, 0.2) is 0 Å². The number of rotatable bonds is 6. The molecular formula is C16H13Br2NO2. The molecule has 0 aliphatic carbocycles. The van der Waals surface area contributed by atoms with Gasteiger partial charge >= 0.3 is 0 Å². The molecule has 0 N–H and O–H groups in total. The van der Waals surface area contributed by atoms with Crippen molar-refractivity contribution in [2.75, 3.05) is 13.2 Å². The van der Waals surface area contributed by atoms with Crippen LogP contribution in [0.3, 0.4) is 0 Å². The van der Waals surface area contributed by atoms with E-state index < -0.39 is 0 Å².